The number of thioether (sulfide) groups is 1. The fourth-order valence-corrected chi connectivity index (χ4v) is 2.49. The highest BCUT2D eigenvalue weighted by Crippen LogP contribution is 2.34. The number of rotatable bonds is 5. The summed E-state index contributed by atoms with van der Waals surface area (Å²) in [6.45, 7) is 1.72. The minimum atomic E-state index is -0.349. The van der Waals surface area contributed by atoms with Crippen LogP contribution in [-0.2, 0) is 0 Å². The minimum absolute atomic E-state index is 0.349. The Hall–Kier alpha value is -0.910. The number of hydrogen-bond acceptors (Lipinski definition) is 5. The van der Waals surface area contributed by atoms with Crippen LogP contribution in [0.5, 0.6) is 11.5 Å². The van der Waals surface area contributed by atoms with Crippen molar-refractivity contribution in [2.45, 2.75) is 17.4 Å². The van der Waals surface area contributed by atoms with Crippen molar-refractivity contribution in [3.8, 4) is 11.5 Å². The second kappa shape index (κ2) is 6.14. The number of aliphatic hydroxyl groups is 1. The molecule has 0 saturated carbocycles. The standard InChI is InChI=1S/C12H17NO3S/c13-4-3-9(14)8-17-10-1-2-11-12(7-10)16-6-5-15-11/h1-2,7,9,14H,3-6,8,13H2. The number of fused-ring (bicyclic) bond motifs is 1. The van der Waals surface area contributed by atoms with E-state index in [2.05, 4.69) is 0 Å². The van der Waals surface area contributed by atoms with Crippen molar-refractivity contribution in [3.63, 3.8) is 0 Å². The molecule has 1 aliphatic rings. The smallest absolute Gasteiger partial charge is 0.162 e. The van der Waals surface area contributed by atoms with E-state index in [1.165, 1.54) is 0 Å². The SMILES string of the molecule is NCCC(O)CSc1ccc2c(c1)OCCO2. The van der Waals surface area contributed by atoms with Gasteiger partial charge >= 0.3 is 0 Å². The number of nitrogens with two attached hydrogens (primary N) is 1. The third kappa shape index (κ3) is 3.52. The molecule has 1 aliphatic heterocycles. The molecule has 17 heavy (non-hydrogen) atoms. The van der Waals surface area contributed by atoms with Gasteiger partial charge in [-0.05, 0) is 31.2 Å². The zero-order valence-electron chi connectivity index (χ0n) is 9.59. The Bertz CT molecular complexity index is 373. The van der Waals surface area contributed by atoms with Crippen LogP contribution in [0.25, 0.3) is 0 Å². The maximum atomic E-state index is 9.59. The van der Waals surface area contributed by atoms with Gasteiger partial charge in [-0.2, -0.15) is 0 Å². The summed E-state index contributed by atoms with van der Waals surface area (Å²) >= 11 is 1.60. The van der Waals surface area contributed by atoms with E-state index in [4.69, 9.17) is 15.2 Å². The van der Waals surface area contributed by atoms with Crippen LogP contribution in [0.4, 0.5) is 0 Å². The van der Waals surface area contributed by atoms with E-state index in [0.717, 1.165) is 16.4 Å². The molecule has 94 valence electrons. The fraction of sp³-hybridized carbons (Fsp3) is 0.500. The average Bonchev–Trinajstić information content (AvgIpc) is 2.36. The van der Waals surface area contributed by atoms with Gasteiger partial charge < -0.3 is 20.3 Å². The van der Waals surface area contributed by atoms with E-state index in [-0.39, 0.29) is 6.10 Å². The molecule has 1 atom stereocenters. The Morgan fingerprint density at radius 1 is 1.29 bits per heavy atom. The lowest BCUT2D eigenvalue weighted by molar-refractivity contribution is 0.171. The van der Waals surface area contributed by atoms with E-state index in [0.29, 0.717) is 31.9 Å². The molecule has 0 radical (unpaired) electrons. The van der Waals surface area contributed by atoms with Gasteiger partial charge in [0, 0.05) is 10.6 Å². The van der Waals surface area contributed by atoms with Crippen LogP contribution in [0, 0.1) is 0 Å². The highest BCUT2D eigenvalue weighted by molar-refractivity contribution is 7.99. The van der Waals surface area contributed by atoms with Gasteiger partial charge in [-0.1, -0.05) is 0 Å². The van der Waals surface area contributed by atoms with Crippen molar-refractivity contribution >= 4 is 11.8 Å². The molecule has 1 unspecified atom stereocenters. The molecule has 0 aromatic heterocycles. The molecular formula is C12H17NO3S. The largest absolute Gasteiger partial charge is 0.486 e. The van der Waals surface area contributed by atoms with Gasteiger partial charge in [-0.25, -0.2) is 0 Å². The summed E-state index contributed by atoms with van der Waals surface area (Å²) in [6.07, 6.45) is 0.288. The van der Waals surface area contributed by atoms with Crippen LogP contribution in [0.3, 0.4) is 0 Å². The fourth-order valence-electron chi connectivity index (χ4n) is 1.58. The molecule has 0 saturated heterocycles. The number of ether oxygens (including phenoxy) is 2. The van der Waals surface area contributed by atoms with Crippen LogP contribution in [-0.4, -0.2) is 36.7 Å². The summed E-state index contributed by atoms with van der Waals surface area (Å²) in [5.74, 6) is 2.23. The molecule has 0 spiro atoms. The minimum Gasteiger partial charge on any atom is -0.486 e. The van der Waals surface area contributed by atoms with Crippen molar-refractivity contribution in [1.29, 1.82) is 0 Å². The Morgan fingerprint density at radius 2 is 2.06 bits per heavy atom. The molecule has 4 nitrogen and oxygen atoms in total. The Balaban J connectivity index is 1.93. The highest BCUT2D eigenvalue weighted by Gasteiger charge is 2.12. The normalized spacial score (nSPS) is 15.6. The molecule has 0 bridgehead atoms. The molecule has 0 fully saturated rings. The van der Waals surface area contributed by atoms with Crippen LogP contribution in [0.2, 0.25) is 0 Å². The topological polar surface area (TPSA) is 64.7 Å². The molecule has 1 aromatic carbocycles. The summed E-state index contributed by atoms with van der Waals surface area (Å²) < 4.78 is 10.9. The van der Waals surface area contributed by atoms with Crippen molar-refractivity contribution < 1.29 is 14.6 Å². The first-order chi connectivity index (χ1) is 8.29. The van der Waals surface area contributed by atoms with E-state index < -0.39 is 0 Å². The highest BCUT2D eigenvalue weighted by atomic mass is 32.2. The summed E-state index contributed by atoms with van der Waals surface area (Å²) in [4.78, 5) is 1.07. The van der Waals surface area contributed by atoms with Crippen LogP contribution < -0.4 is 15.2 Å². The summed E-state index contributed by atoms with van der Waals surface area (Å²) in [5, 5.41) is 9.59. The maximum Gasteiger partial charge on any atom is 0.162 e. The predicted octanol–water partition coefficient (Wildman–Crippen LogP) is 1.26. The first-order valence-electron chi connectivity index (χ1n) is 5.70. The molecule has 1 aromatic rings. The Kier molecular flexibility index (Phi) is 4.53. The molecule has 2 rings (SSSR count). The van der Waals surface area contributed by atoms with Gasteiger partial charge in [0.15, 0.2) is 11.5 Å². The first-order valence-corrected chi connectivity index (χ1v) is 6.68. The van der Waals surface area contributed by atoms with Crippen LogP contribution >= 0.6 is 11.8 Å². The molecule has 3 N–H and O–H groups in total. The van der Waals surface area contributed by atoms with Gasteiger partial charge in [0.1, 0.15) is 13.2 Å². The number of aliphatic hydroxyl groups excluding tert-OH is 1. The van der Waals surface area contributed by atoms with E-state index >= 15 is 0 Å². The molecule has 0 aliphatic carbocycles. The average molecular weight is 255 g/mol. The molecular weight excluding hydrogens is 238 g/mol. The van der Waals surface area contributed by atoms with E-state index in [9.17, 15) is 5.11 Å². The summed E-state index contributed by atoms with van der Waals surface area (Å²) in [5.41, 5.74) is 5.38. The van der Waals surface area contributed by atoms with Gasteiger partial charge in [0.05, 0.1) is 6.10 Å². The van der Waals surface area contributed by atoms with Gasteiger partial charge in [0.25, 0.3) is 0 Å². The lowest BCUT2D eigenvalue weighted by Gasteiger charge is -2.19. The zero-order chi connectivity index (χ0) is 12.1. The molecule has 5 heteroatoms. The monoisotopic (exact) mass is 255 g/mol. The van der Waals surface area contributed by atoms with Gasteiger partial charge in [-0.15, -0.1) is 11.8 Å². The van der Waals surface area contributed by atoms with Crippen molar-refractivity contribution in [2.75, 3.05) is 25.5 Å². The van der Waals surface area contributed by atoms with Crippen LogP contribution in [0.1, 0.15) is 6.42 Å². The zero-order valence-corrected chi connectivity index (χ0v) is 10.4. The van der Waals surface area contributed by atoms with Crippen molar-refractivity contribution in [1.82, 2.24) is 0 Å². The van der Waals surface area contributed by atoms with Gasteiger partial charge in [0.2, 0.25) is 0 Å². The van der Waals surface area contributed by atoms with Crippen molar-refractivity contribution in [3.05, 3.63) is 18.2 Å². The summed E-state index contributed by atoms with van der Waals surface area (Å²) in [6, 6.07) is 5.84. The summed E-state index contributed by atoms with van der Waals surface area (Å²) in [7, 11) is 0. The predicted molar refractivity (Wildman–Crippen MR) is 67.8 cm³/mol. The third-order valence-corrected chi connectivity index (χ3v) is 3.59. The lowest BCUT2D eigenvalue weighted by atomic mass is 10.3. The number of benzene rings is 1. The molecule has 0 amide bonds. The van der Waals surface area contributed by atoms with E-state index in [1.54, 1.807) is 11.8 Å². The van der Waals surface area contributed by atoms with Crippen LogP contribution in [0.15, 0.2) is 23.1 Å². The van der Waals surface area contributed by atoms with Gasteiger partial charge in [-0.3, -0.25) is 0 Å². The maximum absolute atomic E-state index is 9.59. The quantitative estimate of drug-likeness (QED) is 0.775. The number of hydrogen-bond donors (Lipinski definition) is 2. The second-order valence-electron chi connectivity index (χ2n) is 3.85. The van der Waals surface area contributed by atoms with E-state index in [1.807, 2.05) is 18.2 Å². The third-order valence-electron chi connectivity index (χ3n) is 2.46. The Labute approximate surface area is 105 Å². The van der Waals surface area contributed by atoms with Crippen molar-refractivity contribution in [2.24, 2.45) is 5.73 Å². The molecule has 1 heterocycles. The Morgan fingerprint density at radius 3 is 2.82 bits per heavy atom. The lowest BCUT2D eigenvalue weighted by Crippen LogP contribution is -2.16. The first kappa shape index (κ1) is 12.5. The second-order valence-corrected chi connectivity index (χ2v) is 4.94.